The summed E-state index contributed by atoms with van der Waals surface area (Å²) in [6.45, 7) is 2.96. The summed E-state index contributed by atoms with van der Waals surface area (Å²) >= 11 is 0. The molecule has 0 aliphatic carbocycles. The second kappa shape index (κ2) is 5.31. The highest BCUT2D eigenvalue weighted by Gasteiger charge is 2.32. The van der Waals surface area contributed by atoms with E-state index in [-0.39, 0.29) is 10.8 Å². The molecule has 0 amide bonds. The summed E-state index contributed by atoms with van der Waals surface area (Å²) < 4.78 is 40.5. The third-order valence-corrected chi connectivity index (χ3v) is 4.02. The average Bonchev–Trinajstić information content (AvgIpc) is 2.47. The molecule has 7 heteroatoms. The van der Waals surface area contributed by atoms with E-state index in [9.17, 15) is 18.0 Å². The van der Waals surface area contributed by atoms with E-state index in [1.807, 2.05) is 12.1 Å². The van der Waals surface area contributed by atoms with Gasteiger partial charge in [0.2, 0.25) is 0 Å². The summed E-state index contributed by atoms with van der Waals surface area (Å²) in [5.74, 6) is 0. The first-order valence-electron chi connectivity index (χ1n) is 7.03. The van der Waals surface area contributed by atoms with Crippen molar-refractivity contribution in [3.63, 3.8) is 0 Å². The van der Waals surface area contributed by atoms with Crippen molar-refractivity contribution in [2.24, 2.45) is 0 Å². The predicted molar refractivity (Wildman–Crippen MR) is 78.7 cm³/mol. The number of aromatic nitrogens is 1. The molecule has 1 fully saturated rings. The van der Waals surface area contributed by atoms with Crippen LogP contribution in [0, 0.1) is 0 Å². The maximum atomic E-state index is 13.0. The molecule has 3 rings (SSSR count). The Labute approximate surface area is 125 Å². The summed E-state index contributed by atoms with van der Waals surface area (Å²) in [4.78, 5) is 14.7. The Balaban J connectivity index is 2.09. The zero-order chi connectivity index (χ0) is 15.9. The number of alkyl halides is 3. The van der Waals surface area contributed by atoms with Crippen LogP contribution in [0.2, 0.25) is 0 Å². The van der Waals surface area contributed by atoms with E-state index in [0.717, 1.165) is 19.2 Å². The number of likely N-dealkylation sites (N-methyl/N-ethyl adjacent to an activating group) is 1. The largest absolute Gasteiger partial charge is 0.417 e. The molecule has 2 heterocycles. The minimum atomic E-state index is -4.47. The fourth-order valence-electron chi connectivity index (χ4n) is 2.75. The van der Waals surface area contributed by atoms with Crippen LogP contribution in [-0.4, -0.2) is 42.8 Å². The Morgan fingerprint density at radius 1 is 1.00 bits per heavy atom. The molecule has 22 heavy (non-hydrogen) atoms. The van der Waals surface area contributed by atoms with E-state index in [4.69, 9.17) is 0 Å². The molecule has 118 valence electrons. The number of benzene rings is 1. The second-order valence-corrected chi connectivity index (χ2v) is 5.49. The topological polar surface area (TPSA) is 28.5 Å². The van der Waals surface area contributed by atoms with Crippen LogP contribution in [0.1, 0.15) is 5.56 Å². The second-order valence-electron chi connectivity index (χ2n) is 5.49. The maximum Gasteiger partial charge on any atom is 0.417 e. The number of rotatable bonds is 1. The third kappa shape index (κ3) is 2.56. The molecule has 4 nitrogen and oxygen atoms in total. The summed E-state index contributed by atoms with van der Waals surface area (Å²) in [5, 5.41) is 1.91. The van der Waals surface area contributed by atoms with Crippen molar-refractivity contribution in [3.8, 4) is 0 Å². The van der Waals surface area contributed by atoms with Crippen LogP contribution >= 0.6 is 0 Å². The number of pyridine rings is 1. The molecule has 0 saturated carbocycles. The fourth-order valence-corrected chi connectivity index (χ4v) is 2.75. The molecular weight excluding hydrogens is 295 g/mol. The molecule has 1 aliphatic heterocycles. The molecule has 1 saturated heterocycles. The normalized spacial score (nSPS) is 17.2. The van der Waals surface area contributed by atoms with Crippen LogP contribution in [0.15, 0.2) is 35.3 Å². The summed E-state index contributed by atoms with van der Waals surface area (Å²) in [6.07, 6.45) is -3.03. The van der Waals surface area contributed by atoms with Crippen LogP contribution in [0.25, 0.3) is 10.8 Å². The van der Waals surface area contributed by atoms with Crippen LogP contribution in [0.5, 0.6) is 0 Å². The van der Waals surface area contributed by atoms with Gasteiger partial charge in [-0.25, -0.2) is 4.68 Å². The number of hydrogen-bond acceptors (Lipinski definition) is 3. The van der Waals surface area contributed by atoms with Crippen molar-refractivity contribution in [1.29, 1.82) is 0 Å². The van der Waals surface area contributed by atoms with Gasteiger partial charge in [0.1, 0.15) is 0 Å². The van der Waals surface area contributed by atoms with Crippen molar-refractivity contribution >= 4 is 10.8 Å². The van der Waals surface area contributed by atoms with Gasteiger partial charge >= 0.3 is 6.18 Å². The first kappa shape index (κ1) is 14.9. The number of piperazine rings is 1. The summed E-state index contributed by atoms with van der Waals surface area (Å²) in [7, 11) is 2.00. The summed E-state index contributed by atoms with van der Waals surface area (Å²) in [5.41, 5.74) is -1.18. The average molecular weight is 311 g/mol. The minimum absolute atomic E-state index is 0.0506. The van der Waals surface area contributed by atoms with Crippen molar-refractivity contribution < 1.29 is 13.2 Å². The zero-order valence-electron chi connectivity index (χ0n) is 12.1. The van der Waals surface area contributed by atoms with E-state index in [2.05, 4.69) is 4.90 Å². The summed E-state index contributed by atoms with van der Waals surface area (Å²) in [6, 6.07) is 5.10. The quantitative estimate of drug-likeness (QED) is 0.805. The standard InChI is InChI=1S/C15H16F3N3O/c1-19-7-9-20(10-8-19)21-6-5-11-12(14(21)22)3-2-4-13(11)15(16,17)18/h2-6H,7-10H2,1H3. The highest BCUT2D eigenvalue weighted by atomic mass is 19.4. The van der Waals surface area contributed by atoms with Crippen LogP contribution < -0.4 is 10.6 Å². The molecule has 1 aromatic carbocycles. The minimum Gasteiger partial charge on any atom is -0.308 e. The highest BCUT2D eigenvalue weighted by molar-refractivity contribution is 5.85. The van der Waals surface area contributed by atoms with Gasteiger partial charge in [-0.1, -0.05) is 6.07 Å². The lowest BCUT2D eigenvalue weighted by Gasteiger charge is -2.34. The smallest absolute Gasteiger partial charge is 0.308 e. The number of nitrogens with zero attached hydrogens (tertiary/aromatic N) is 3. The first-order chi connectivity index (χ1) is 10.4. The molecule has 1 aliphatic rings. The maximum absolute atomic E-state index is 13.0. The van der Waals surface area contributed by atoms with Crippen molar-refractivity contribution in [3.05, 3.63) is 46.4 Å². The Kier molecular flexibility index (Phi) is 3.60. The van der Waals surface area contributed by atoms with Gasteiger partial charge < -0.3 is 9.91 Å². The lowest BCUT2D eigenvalue weighted by Crippen LogP contribution is -2.52. The molecule has 0 radical (unpaired) electrons. The molecule has 2 aromatic rings. The van der Waals surface area contributed by atoms with Gasteiger partial charge in [0.25, 0.3) is 5.56 Å². The number of fused-ring (bicyclic) bond motifs is 1. The van der Waals surface area contributed by atoms with E-state index in [1.165, 1.54) is 29.1 Å². The van der Waals surface area contributed by atoms with E-state index in [1.54, 1.807) is 0 Å². The van der Waals surface area contributed by atoms with Crippen molar-refractivity contribution in [2.45, 2.75) is 6.18 Å². The Hall–Kier alpha value is -2.02. The van der Waals surface area contributed by atoms with Gasteiger partial charge in [0, 0.05) is 43.1 Å². The highest BCUT2D eigenvalue weighted by Crippen LogP contribution is 2.33. The van der Waals surface area contributed by atoms with Crippen molar-refractivity contribution in [2.75, 3.05) is 38.2 Å². The van der Waals surface area contributed by atoms with Crippen LogP contribution in [0.4, 0.5) is 13.2 Å². The molecule has 1 aromatic heterocycles. The van der Waals surface area contributed by atoms with Gasteiger partial charge in [0.15, 0.2) is 0 Å². The lowest BCUT2D eigenvalue weighted by molar-refractivity contribution is -0.136. The van der Waals surface area contributed by atoms with E-state index in [0.29, 0.717) is 13.1 Å². The van der Waals surface area contributed by atoms with Crippen molar-refractivity contribution in [1.82, 2.24) is 9.58 Å². The number of hydrogen-bond donors (Lipinski definition) is 0. The van der Waals surface area contributed by atoms with Crippen LogP contribution in [-0.2, 0) is 6.18 Å². The molecule has 0 unspecified atom stereocenters. The third-order valence-electron chi connectivity index (χ3n) is 4.02. The molecule has 0 N–H and O–H groups in total. The molecule has 0 bridgehead atoms. The monoisotopic (exact) mass is 311 g/mol. The number of halogens is 3. The van der Waals surface area contributed by atoms with Gasteiger partial charge in [0.05, 0.1) is 5.56 Å². The van der Waals surface area contributed by atoms with Gasteiger partial charge in [-0.2, -0.15) is 13.2 Å². The lowest BCUT2D eigenvalue weighted by atomic mass is 10.1. The van der Waals surface area contributed by atoms with Gasteiger partial charge in [-0.15, -0.1) is 0 Å². The Morgan fingerprint density at radius 2 is 1.68 bits per heavy atom. The predicted octanol–water partition coefficient (Wildman–Crippen LogP) is 1.90. The van der Waals surface area contributed by atoms with Gasteiger partial charge in [-0.05, 0) is 25.2 Å². The van der Waals surface area contributed by atoms with E-state index < -0.39 is 17.3 Å². The Morgan fingerprint density at radius 3 is 2.32 bits per heavy atom. The zero-order valence-corrected chi connectivity index (χ0v) is 12.1. The SMILES string of the molecule is CN1CCN(n2ccc3c(C(F)(F)F)cccc3c2=O)CC1. The molecule has 0 spiro atoms. The molecule has 0 atom stereocenters. The van der Waals surface area contributed by atoms with Gasteiger partial charge in [-0.3, -0.25) is 4.79 Å². The van der Waals surface area contributed by atoms with E-state index >= 15 is 0 Å². The molecular formula is C15H16F3N3O. The van der Waals surface area contributed by atoms with Crippen LogP contribution in [0.3, 0.4) is 0 Å². The first-order valence-corrected chi connectivity index (χ1v) is 7.03. The Bertz CT molecular complexity index is 746. The fraction of sp³-hybridized carbons (Fsp3) is 0.400.